The Balaban J connectivity index is 4.07. The highest BCUT2D eigenvalue weighted by Crippen LogP contribution is 2.05. The van der Waals surface area contributed by atoms with Gasteiger partial charge in [0.25, 0.3) is 0 Å². The number of carboxylic acid groups (broad SMARTS) is 1. The standard InChI is InChI=1S/C13H25NO3/c1-3-5-7-10-14(11-9-13(16)17)12(15)8-6-4-2/h3-11H2,1-2H3,(H,16,17). The maximum absolute atomic E-state index is 11.8. The van der Waals surface area contributed by atoms with Gasteiger partial charge < -0.3 is 10.0 Å². The molecule has 0 aromatic rings. The lowest BCUT2D eigenvalue weighted by molar-refractivity contribution is -0.138. The zero-order chi connectivity index (χ0) is 13.1. The number of aliphatic carboxylic acids is 1. The van der Waals surface area contributed by atoms with Gasteiger partial charge in [-0.15, -0.1) is 0 Å². The highest BCUT2D eigenvalue weighted by Gasteiger charge is 2.13. The minimum atomic E-state index is -0.839. The number of unbranched alkanes of at least 4 members (excludes halogenated alkanes) is 3. The third-order valence-electron chi connectivity index (χ3n) is 2.72. The summed E-state index contributed by atoms with van der Waals surface area (Å²) in [5, 5.41) is 8.65. The van der Waals surface area contributed by atoms with Crippen molar-refractivity contribution in [3.8, 4) is 0 Å². The van der Waals surface area contributed by atoms with E-state index in [0.29, 0.717) is 19.5 Å². The first-order valence-corrected chi connectivity index (χ1v) is 6.61. The zero-order valence-corrected chi connectivity index (χ0v) is 11.1. The minimum Gasteiger partial charge on any atom is -0.481 e. The van der Waals surface area contributed by atoms with E-state index in [-0.39, 0.29) is 12.3 Å². The largest absolute Gasteiger partial charge is 0.481 e. The molecule has 0 aromatic carbocycles. The Labute approximate surface area is 104 Å². The van der Waals surface area contributed by atoms with Crippen LogP contribution in [0.5, 0.6) is 0 Å². The van der Waals surface area contributed by atoms with Crippen molar-refractivity contribution >= 4 is 11.9 Å². The lowest BCUT2D eigenvalue weighted by Gasteiger charge is -2.22. The van der Waals surface area contributed by atoms with E-state index in [1.807, 2.05) is 6.92 Å². The van der Waals surface area contributed by atoms with Crippen molar-refractivity contribution in [3.05, 3.63) is 0 Å². The van der Waals surface area contributed by atoms with Crippen LogP contribution in [0.2, 0.25) is 0 Å². The van der Waals surface area contributed by atoms with Gasteiger partial charge in [-0.1, -0.05) is 33.1 Å². The number of nitrogens with zero attached hydrogens (tertiary/aromatic N) is 1. The summed E-state index contributed by atoms with van der Waals surface area (Å²) in [7, 11) is 0. The molecule has 0 fully saturated rings. The summed E-state index contributed by atoms with van der Waals surface area (Å²) < 4.78 is 0. The van der Waals surface area contributed by atoms with Crippen molar-refractivity contribution in [2.75, 3.05) is 13.1 Å². The molecule has 0 bridgehead atoms. The number of carbonyl (C=O) groups is 2. The zero-order valence-electron chi connectivity index (χ0n) is 11.1. The average Bonchev–Trinajstić information content (AvgIpc) is 2.30. The molecule has 0 rings (SSSR count). The number of amides is 1. The summed E-state index contributed by atoms with van der Waals surface area (Å²) in [6.45, 7) is 5.21. The second-order valence-electron chi connectivity index (χ2n) is 4.34. The van der Waals surface area contributed by atoms with Crippen LogP contribution in [-0.4, -0.2) is 35.0 Å². The topological polar surface area (TPSA) is 57.6 Å². The molecule has 0 unspecified atom stereocenters. The van der Waals surface area contributed by atoms with E-state index >= 15 is 0 Å². The molecular formula is C13H25NO3. The SMILES string of the molecule is CCCCCN(CCC(=O)O)C(=O)CCCC. The van der Waals surface area contributed by atoms with E-state index in [0.717, 1.165) is 32.1 Å². The molecule has 4 heteroatoms. The van der Waals surface area contributed by atoms with Crippen LogP contribution in [0.4, 0.5) is 0 Å². The van der Waals surface area contributed by atoms with Crippen molar-refractivity contribution in [2.45, 2.75) is 58.8 Å². The molecule has 1 N–H and O–H groups in total. The van der Waals surface area contributed by atoms with Gasteiger partial charge in [-0.2, -0.15) is 0 Å². The lowest BCUT2D eigenvalue weighted by atomic mass is 10.2. The fourth-order valence-corrected chi connectivity index (χ4v) is 1.63. The van der Waals surface area contributed by atoms with Crippen LogP contribution in [0.25, 0.3) is 0 Å². The normalized spacial score (nSPS) is 10.2. The van der Waals surface area contributed by atoms with Gasteiger partial charge in [0.15, 0.2) is 0 Å². The number of rotatable bonds is 10. The lowest BCUT2D eigenvalue weighted by Crippen LogP contribution is -2.33. The third-order valence-corrected chi connectivity index (χ3v) is 2.72. The van der Waals surface area contributed by atoms with Crippen LogP contribution in [0.1, 0.15) is 58.8 Å². The van der Waals surface area contributed by atoms with E-state index < -0.39 is 5.97 Å². The second kappa shape index (κ2) is 10.1. The summed E-state index contributed by atoms with van der Waals surface area (Å²) in [6, 6.07) is 0. The first-order valence-electron chi connectivity index (χ1n) is 6.61. The molecule has 0 spiro atoms. The van der Waals surface area contributed by atoms with E-state index in [4.69, 9.17) is 5.11 Å². The Hall–Kier alpha value is -1.06. The molecule has 0 saturated carbocycles. The van der Waals surface area contributed by atoms with Crippen molar-refractivity contribution < 1.29 is 14.7 Å². The van der Waals surface area contributed by atoms with Crippen LogP contribution in [0.3, 0.4) is 0 Å². The van der Waals surface area contributed by atoms with Crippen LogP contribution in [0.15, 0.2) is 0 Å². The summed E-state index contributed by atoms with van der Waals surface area (Å²) in [5.41, 5.74) is 0. The smallest absolute Gasteiger partial charge is 0.305 e. The second-order valence-corrected chi connectivity index (χ2v) is 4.34. The summed E-state index contributed by atoms with van der Waals surface area (Å²) in [4.78, 5) is 24.1. The van der Waals surface area contributed by atoms with Gasteiger partial charge in [0, 0.05) is 19.5 Å². The number of hydrogen-bond acceptors (Lipinski definition) is 2. The Morgan fingerprint density at radius 1 is 0.941 bits per heavy atom. The predicted molar refractivity (Wildman–Crippen MR) is 67.9 cm³/mol. The molecule has 0 atom stereocenters. The van der Waals surface area contributed by atoms with Gasteiger partial charge in [0.1, 0.15) is 0 Å². The maximum Gasteiger partial charge on any atom is 0.305 e. The highest BCUT2D eigenvalue weighted by atomic mass is 16.4. The predicted octanol–water partition coefficient (Wildman–Crippen LogP) is 2.67. The van der Waals surface area contributed by atoms with Crippen LogP contribution in [-0.2, 0) is 9.59 Å². The number of carbonyl (C=O) groups excluding carboxylic acids is 1. The first kappa shape index (κ1) is 15.9. The van der Waals surface area contributed by atoms with E-state index in [9.17, 15) is 9.59 Å². The van der Waals surface area contributed by atoms with Gasteiger partial charge in [-0.25, -0.2) is 0 Å². The van der Waals surface area contributed by atoms with Crippen LogP contribution >= 0.6 is 0 Å². The first-order chi connectivity index (χ1) is 8.11. The third kappa shape index (κ3) is 8.72. The Kier molecular flexibility index (Phi) is 9.49. The maximum atomic E-state index is 11.8. The Morgan fingerprint density at radius 2 is 1.59 bits per heavy atom. The molecule has 17 heavy (non-hydrogen) atoms. The van der Waals surface area contributed by atoms with Crippen LogP contribution < -0.4 is 0 Å². The van der Waals surface area contributed by atoms with E-state index in [1.165, 1.54) is 0 Å². The molecule has 0 aliphatic heterocycles. The highest BCUT2D eigenvalue weighted by molar-refractivity contribution is 5.77. The quantitative estimate of drug-likeness (QED) is 0.600. The summed E-state index contributed by atoms with van der Waals surface area (Å²) in [6.07, 6.45) is 5.63. The molecule has 0 radical (unpaired) electrons. The Morgan fingerprint density at radius 3 is 2.12 bits per heavy atom. The summed E-state index contributed by atoms with van der Waals surface area (Å²) in [5.74, 6) is -0.738. The summed E-state index contributed by atoms with van der Waals surface area (Å²) >= 11 is 0. The van der Waals surface area contributed by atoms with Gasteiger partial charge in [-0.05, 0) is 12.8 Å². The fraction of sp³-hybridized carbons (Fsp3) is 0.846. The molecule has 0 aromatic heterocycles. The monoisotopic (exact) mass is 243 g/mol. The average molecular weight is 243 g/mol. The minimum absolute atomic E-state index is 0.0456. The molecule has 0 aliphatic rings. The van der Waals surface area contributed by atoms with Gasteiger partial charge in [0.2, 0.25) is 5.91 Å². The van der Waals surface area contributed by atoms with Crippen molar-refractivity contribution in [3.63, 3.8) is 0 Å². The molecule has 0 saturated heterocycles. The molecule has 1 amide bonds. The van der Waals surface area contributed by atoms with Crippen molar-refractivity contribution in [2.24, 2.45) is 0 Å². The molecule has 4 nitrogen and oxygen atoms in total. The van der Waals surface area contributed by atoms with E-state index in [1.54, 1.807) is 4.90 Å². The fourth-order valence-electron chi connectivity index (χ4n) is 1.63. The van der Waals surface area contributed by atoms with Crippen molar-refractivity contribution in [1.29, 1.82) is 0 Å². The number of carboxylic acids is 1. The van der Waals surface area contributed by atoms with Gasteiger partial charge in [0.05, 0.1) is 6.42 Å². The van der Waals surface area contributed by atoms with Gasteiger partial charge in [-0.3, -0.25) is 9.59 Å². The van der Waals surface area contributed by atoms with Gasteiger partial charge >= 0.3 is 5.97 Å². The van der Waals surface area contributed by atoms with E-state index in [2.05, 4.69) is 6.92 Å². The molecule has 0 heterocycles. The van der Waals surface area contributed by atoms with Crippen molar-refractivity contribution in [1.82, 2.24) is 4.90 Å². The number of hydrogen-bond donors (Lipinski definition) is 1. The Bertz CT molecular complexity index is 229. The molecular weight excluding hydrogens is 218 g/mol. The molecule has 0 aliphatic carbocycles. The van der Waals surface area contributed by atoms with Crippen LogP contribution in [0, 0.1) is 0 Å². The molecule has 100 valence electrons.